The molecule has 0 atom stereocenters. The van der Waals surface area contributed by atoms with E-state index in [-0.39, 0.29) is 36.2 Å². The quantitative estimate of drug-likeness (QED) is 0.248. The summed E-state index contributed by atoms with van der Waals surface area (Å²) >= 11 is 0. The molecule has 0 aliphatic heterocycles. The first-order chi connectivity index (χ1) is 7.45. The number of alkyl halides is 4. The predicted molar refractivity (Wildman–Crippen MR) is 45.5 cm³/mol. The maximum absolute atomic E-state index is 12.8. The average Bonchev–Trinajstić information content (AvgIpc) is 2.13. The average molecular weight is 304 g/mol. The summed E-state index contributed by atoms with van der Waals surface area (Å²) in [6, 6.07) is 0. The first-order valence-electron chi connectivity index (χ1n) is 4.32. The van der Waals surface area contributed by atoms with Gasteiger partial charge in [-0.1, -0.05) is 0 Å². The van der Waals surface area contributed by atoms with Gasteiger partial charge in [-0.15, -0.1) is 0 Å². The van der Waals surface area contributed by atoms with E-state index in [4.69, 9.17) is 0 Å². The molecule has 0 amide bonds. The van der Waals surface area contributed by atoms with E-state index in [9.17, 15) is 35.3 Å². The van der Waals surface area contributed by atoms with Gasteiger partial charge in [0.15, 0.2) is 10.1 Å². The number of esters is 1. The van der Waals surface area contributed by atoms with Gasteiger partial charge in [-0.2, -0.15) is 17.6 Å². The smallest absolute Gasteiger partial charge is 0.743 e. The van der Waals surface area contributed by atoms with Gasteiger partial charge in [-0.05, 0) is 6.92 Å². The Morgan fingerprint density at radius 3 is 2.06 bits per heavy atom. The summed E-state index contributed by atoms with van der Waals surface area (Å²) in [6.07, 6.45) is -2.91. The van der Waals surface area contributed by atoms with Crippen molar-refractivity contribution >= 4 is 16.1 Å². The van der Waals surface area contributed by atoms with Crippen molar-refractivity contribution in [3.63, 3.8) is 0 Å². The molecular weight excluding hydrogens is 295 g/mol. The van der Waals surface area contributed by atoms with Gasteiger partial charge < -0.3 is 9.29 Å². The fourth-order valence-corrected chi connectivity index (χ4v) is 1.29. The van der Waals surface area contributed by atoms with Crippen LogP contribution in [-0.4, -0.2) is 36.7 Å². The summed E-state index contributed by atoms with van der Waals surface area (Å²) in [5.74, 6) is -6.31. The minimum Gasteiger partial charge on any atom is -0.743 e. The molecule has 5 nitrogen and oxygen atoms in total. The van der Waals surface area contributed by atoms with E-state index in [0.717, 1.165) is 0 Å². The van der Waals surface area contributed by atoms with Crippen molar-refractivity contribution in [3.8, 4) is 0 Å². The maximum Gasteiger partial charge on any atom is 1.00 e. The van der Waals surface area contributed by atoms with E-state index in [1.54, 1.807) is 0 Å². The van der Waals surface area contributed by atoms with Gasteiger partial charge in [0.2, 0.25) is 0 Å². The van der Waals surface area contributed by atoms with Crippen LogP contribution in [-0.2, 0) is 19.6 Å². The van der Waals surface area contributed by atoms with Gasteiger partial charge in [-0.25, -0.2) is 8.42 Å². The van der Waals surface area contributed by atoms with E-state index in [2.05, 4.69) is 4.74 Å². The Morgan fingerprint density at radius 1 is 1.28 bits per heavy atom. The number of ether oxygens (including phenoxy) is 1. The summed E-state index contributed by atoms with van der Waals surface area (Å²) in [5.41, 5.74) is 0. The molecule has 0 aromatic heterocycles. The Morgan fingerprint density at radius 2 is 1.72 bits per heavy atom. The Labute approximate surface area is 123 Å². The van der Waals surface area contributed by atoms with Crippen molar-refractivity contribution in [2.45, 2.75) is 30.9 Å². The van der Waals surface area contributed by atoms with E-state index in [0.29, 0.717) is 0 Å². The molecule has 0 radical (unpaired) electrons. The van der Waals surface area contributed by atoms with Crippen LogP contribution >= 0.6 is 0 Å². The number of hydrogen-bond donors (Lipinski definition) is 0. The first-order valence-corrected chi connectivity index (χ1v) is 5.73. The summed E-state index contributed by atoms with van der Waals surface area (Å²) in [5, 5.41) is -5.76. The SMILES string of the molecule is CCOC(=O)CCC(F)(F)C(F)(F)S(=O)(=O)[O-].[Na+]. The fourth-order valence-electron chi connectivity index (χ4n) is 0.821. The van der Waals surface area contributed by atoms with Crippen LogP contribution in [0.1, 0.15) is 19.8 Å². The molecule has 0 unspecified atom stereocenters. The molecule has 0 aromatic rings. The van der Waals surface area contributed by atoms with Gasteiger partial charge in [0.1, 0.15) is 0 Å². The summed E-state index contributed by atoms with van der Waals surface area (Å²) in [7, 11) is -6.51. The molecular formula is C7H9F4NaO5S. The van der Waals surface area contributed by atoms with Crippen LogP contribution in [0, 0.1) is 0 Å². The van der Waals surface area contributed by atoms with Crippen molar-refractivity contribution in [2.24, 2.45) is 0 Å². The third-order valence-electron chi connectivity index (χ3n) is 1.69. The second-order valence-corrected chi connectivity index (χ2v) is 4.40. The van der Waals surface area contributed by atoms with Gasteiger partial charge in [0.25, 0.3) is 0 Å². The zero-order chi connectivity index (χ0) is 13.9. The Bertz CT molecular complexity index is 383. The predicted octanol–water partition coefficient (Wildman–Crippen LogP) is -1.89. The summed E-state index contributed by atoms with van der Waals surface area (Å²) in [4.78, 5) is 10.6. The minimum atomic E-state index is -6.51. The largest absolute Gasteiger partial charge is 1.00 e. The van der Waals surface area contributed by atoms with Crippen LogP contribution in [0.4, 0.5) is 17.6 Å². The number of halogens is 4. The number of carbonyl (C=O) groups excluding carboxylic acids is 1. The molecule has 0 heterocycles. The van der Waals surface area contributed by atoms with Crippen LogP contribution in [0.5, 0.6) is 0 Å². The molecule has 11 heteroatoms. The second-order valence-electron chi connectivity index (χ2n) is 2.98. The second kappa shape index (κ2) is 7.04. The monoisotopic (exact) mass is 304 g/mol. The minimum absolute atomic E-state index is 0. The molecule has 0 aliphatic rings. The summed E-state index contributed by atoms with van der Waals surface area (Å²) in [6.45, 7) is 1.23. The zero-order valence-corrected chi connectivity index (χ0v) is 12.4. The Balaban J connectivity index is 0. The topological polar surface area (TPSA) is 83.5 Å². The number of carbonyl (C=O) groups is 1. The third kappa shape index (κ3) is 5.00. The molecule has 0 bridgehead atoms. The summed E-state index contributed by atoms with van der Waals surface area (Å²) < 4.78 is 84.7. The van der Waals surface area contributed by atoms with Crippen molar-refractivity contribution in [2.75, 3.05) is 6.61 Å². The van der Waals surface area contributed by atoms with Crippen molar-refractivity contribution in [1.82, 2.24) is 0 Å². The molecule has 0 aromatic carbocycles. The maximum atomic E-state index is 12.8. The molecule has 0 saturated carbocycles. The third-order valence-corrected chi connectivity index (χ3v) is 2.61. The molecule has 18 heavy (non-hydrogen) atoms. The van der Waals surface area contributed by atoms with Crippen molar-refractivity contribution in [3.05, 3.63) is 0 Å². The Kier molecular flexibility index (Phi) is 7.98. The molecule has 0 fully saturated rings. The number of hydrogen-bond acceptors (Lipinski definition) is 5. The van der Waals surface area contributed by atoms with Crippen LogP contribution in [0.2, 0.25) is 0 Å². The molecule has 0 N–H and O–H groups in total. The zero-order valence-electron chi connectivity index (χ0n) is 9.58. The van der Waals surface area contributed by atoms with E-state index in [1.807, 2.05) is 0 Å². The molecule has 0 saturated heterocycles. The molecule has 102 valence electrons. The van der Waals surface area contributed by atoms with Crippen LogP contribution in [0.15, 0.2) is 0 Å². The van der Waals surface area contributed by atoms with E-state index in [1.165, 1.54) is 6.92 Å². The normalized spacial score (nSPS) is 12.8. The van der Waals surface area contributed by atoms with Crippen LogP contribution < -0.4 is 29.6 Å². The van der Waals surface area contributed by atoms with E-state index < -0.39 is 40.1 Å². The Hall–Kier alpha value is 0.1000. The first kappa shape index (κ1) is 20.4. The molecule has 0 rings (SSSR count). The van der Waals surface area contributed by atoms with Crippen molar-refractivity contribution < 1.29 is 69.6 Å². The van der Waals surface area contributed by atoms with Crippen molar-refractivity contribution in [1.29, 1.82) is 0 Å². The van der Waals surface area contributed by atoms with Gasteiger partial charge in [0.05, 0.1) is 13.0 Å². The number of rotatable bonds is 6. The van der Waals surface area contributed by atoms with Crippen LogP contribution in [0.3, 0.4) is 0 Å². The van der Waals surface area contributed by atoms with E-state index >= 15 is 0 Å². The van der Waals surface area contributed by atoms with Crippen LogP contribution in [0.25, 0.3) is 0 Å². The standard InChI is InChI=1S/C7H10F4O5S.Na/c1-2-16-5(12)3-4-6(8,9)7(10,11)17(13,14)15;/h2-4H2,1H3,(H,13,14,15);/q;+1/p-1. The van der Waals surface area contributed by atoms with Gasteiger partial charge in [-0.3, -0.25) is 4.79 Å². The fraction of sp³-hybridized carbons (Fsp3) is 0.857. The van der Waals surface area contributed by atoms with Gasteiger partial charge in [0, 0.05) is 6.42 Å². The molecule has 0 spiro atoms. The van der Waals surface area contributed by atoms with Gasteiger partial charge >= 0.3 is 46.7 Å². The molecule has 0 aliphatic carbocycles.